The first kappa shape index (κ1) is 9.84. The van der Waals surface area contributed by atoms with Crippen LogP contribution >= 0.6 is 0 Å². The van der Waals surface area contributed by atoms with Gasteiger partial charge < -0.3 is 0 Å². The number of carbonyl (C=O) groups excluding carboxylic acids is 1. The van der Waals surface area contributed by atoms with Crippen LogP contribution in [0.5, 0.6) is 0 Å². The minimum Gasteiger partial charge on any atom is -0.299 e. The summed E-state index contributed by atoms with van der Waals surface area (Å²) in [5.41, 5.74) is 2.49. The highest BCUT2D eigenvalue weighted by atomic mass is 16.1. The molecule has 0 saturated heterocycles. The van der Waals surface area contributed by atoms with E-state index in [1.54, 1.807) is 13.1 Å². The van der Waals surface area contributed by atoms with E-state index in [4.69, 9.17) is 0 Å². The van der Waals surface area contributed by atoms with Crippen molar-refractivity contribution in [3.63, 3.8) is 0 Å². The first-order valence-corrected chi connectivity index (χ1v) is 4.33. The van der Waals surface area contributed by atoms with Gasteiger partial charge in [0.15, 0.2) is 0 Å². The molecule has 1 unspecified atom stereocenters. The molecule has 0 bridgehead atoms. The van der Waals surface area contributed by atoms with Crippen molar-refractivity contribution in [3.05, 3.63) is 23.3 Å². The van der Waals surface area contributed by atoms with Gasteiger partial charge in [-0.05, 0) is 27.7 Å². The highest BCUT2D eigenvalue weighted by Gasteiger charge is 2.15. The number of hydrogen-bond acceptors (Lipinski definition) is 3. The molecule has 0 aromatic carbocycles. The molecule has 1 aromatic rings. The van der Waals surface area contributed by atoms with Crippen LogP contribution in [0, 0.1) is 13.8 Å². The first-order valence-electron chi connectivity index (χ1n) is 4.33. The predicted molar refractivity (Wildman–Crippen MR) is 50.6 cm³/mol. The monoisotopic (exact) mass is 178 g/mol. The number of nitrogens with zero attached hydrogens (tertiary/aromatic N) is 2. The van der Waals surface area contributed by atoms with Crippen LogP contribution in [0.3, 0.4) is 0 Å². The number of aryl methyl sites for hydroxylation is 2. The predicted octanol–water partition coefficient (Wildman–Crippen LogP) is 1.79. The fourth-order valence-electron chi connectivity index (χ4n) is 1.16. The molecule has 0 radical (unpaired) electrons. The summed E-state index contributed by atoms with van der Waals surface area (Å²) in [7, 11) is 0. The van der Waals surface area contributed by atoms with E-state index in [0.29, 0.717) is 0 Å². The lowest BCUT2D eigenvalue weighted by Gasteiger charge is -2.09. The Bertz CT molecular complexity index is 334. The molecule has 1 aromatic heterocycles. The van der Waals surface area contributed by atoms with Gasteiger partial charge in [-0.3, -0.25) is 14.8 Å². The molecule has 0 saturated carbocycles. The van der Waals surface area contributed by atoms with Crippen molar-refractivity contribution in [2.24, 2.45) is 0 Å². The smallest absolute Gasteiger partial charge is 0.138 e. The molecule has 0 spiro atoms. The lowest BCUT2D eigenvalue weighted by Crippen LogP contribution is -2.10. The second-order valence-electron chi connectivity index (χ2n) is 3.31. The lowest BCUT2D eigenvalue weighted by atomic mass is 10.0. The van der Waals surface area contributed by atoms with E-state index >= 15 is 0 Å². The molecule has 1 rings (SSSR count). The molecule has 0 N–H and O–H groups in total. The third-order valence-electron chi connectivity index (χ3n) is 2.13. The zero-order chi connectivity index (χ0) is 10.0. The van der Waals surface area contributed by atoms with Crippen LogP contribution in [-0.2, 0) is 4.79 Å². The second-order valence-corrected chi connectivity index (χ2v) is 3.31. The number of aromatic nitrogens is 2. The van der Waals surface area contributed by atoms with Gasteiger partial charge in [0.2, 0.25) is 0 Å². The van der Waals surface area contributed by atoms with Crippen LogP contribution in [0.2, 0.25) is 0 Å². The van der Waals surface area contributed by atoms with Crippen molar-refractivity contribution in [2.75, 3.05) is 0 Å². The van der Waals surface area contributed by atoms with E-state index in [2.05, 4.69) is 9.97 Å². The maximum atomic E-state index is 11.1. The van der Waals surface area contributed by atoms with Crippen LogP contribution in [0.1, 0.15) is 36.8 Å². The number of Topliss-reactive ketones (excluding diaryl/α,β-unsaturated/α-hetero) is 1. The summed E-state index contributed by atoms with van der Waals surface area (Å²) >= 11 is 0. The molecule has 0 aliphatic carbocycles. The van der Waals surface area contributed by atoms with E-state index in [0.717, 1.165) is 17.1 Å². The third-order valence-corrected chi connectivity index (χ3v) is 2.13. The summed E-state index contributed by atoms with van der Waals surface area (Å²) in [6, 6.07) is 0. The SMILES string of the molecule is CC(=O)C(C)c1nc(C)cnc1C. The molecule has 1 heterocycles. The van der Waals surface area contributed by atoms with E-state index < -0.39 is 0 Å². The number of ketones is 1. The van der Waals surface area contributed by atoms with Gasteiger partial charge >= 0.3 is 0 Å². The third kappa shape index (κ3) is 2.11. The van der Waals surface area contributed by atoms with Gasteiger partial charge in [0.1, 0.15) is 5.78 Å². The Hall–Kier alpha value is -1.25. The summed E-state index contributed by atoms with van der Waals surface area (Å²) in [4.78, 5) is 19.6. The van der Waals surface area contributed by atoms with Crippen LogP contribution in [0.15, 0.2) is 6.20 Å². The Morgan fingerprint density at radius 2 is 2.08 bits per heavy atom. The highest BCUT2D eigenvalue weighted by molar-refractivity contribution is 5.82. The maximum absolute atomic E-state index is 11.1. The van der Waals surface area contributed by atoms with E-state index in [9.17, 15) is 4.79 Å². The van der Waals surface area contributed by atoms with Gasteiger partial charge in [-0.25, -0.2) is 0 Å². The minimum atomic E-state index is -0.146. The van der Waals surface area contributed by atoms with Crippen molar-refractivity contribution < 1.29 is 4.79 Å². The van der Waals surface area contributed by atoms with Crippen molar-refractivity contribution >= 4 is 5.78 Å². The Morgan fingerprint density at radius 3 is 2.62 bits per heavy atom. The van der Waals surface area contributed by atoms with Gasteiger partial charge in [0.05, 0.1) is 23.0 Å². The number of carbonyl (C=O) groups is 1. The van der Waals surface area contributed by atoms with Crippen molar-refractivity contribution in [1.82, 2.24) is 9.97 Å². The van der Waals surface area contributed by atoms with Crippen LogP contribution < -0.4 is 0 Å². The summed E-state index contributed by atoms with van der Waals surface area (Å²) in [6.45, 7) is 7.19. The lowest BCUT2D eigenvalue weighted by molar-refractivity contribution is -0.118. The molecule has 70 valence electrons. The molecule has 3 nitrogen and oxygen atoms in total. The molecule has 3 heteroatoms. The molecule has 13 heavy (non-hydrogen) atoms. The van der Waals surface area contributed by atoms with Gasteiger partial charge in [-0.1, -0.05) is 0 Å². The van der Waals surface area contributed by atoms with E-state index in [1.807, 2.05) is 20.8 Å². The van der Waals surface area contributed by atoms with Crippen molar-refractivity contribution in [3.8, 4) is 0 Å². The average molecular weight is 178 g/mol. The standard InChI is InChI=1S/C10H14N2O/c1-6-5-11-8(3)10(12-6)7(2)9(4)13/h5,7H,1-4H3. The molecule has 0 aliphatic heterocycles. The van der Waals surface area contributed by atoms with Gasteiger partial charge in [0.25, 0.3) is 0 Å². The van der Waals surface area contributed by atoms with Crippen molar-refractivity contribution in [1.29, 1.82) is 0 Å². The quantitative estimate of drug-likeness (QED) is 0.693. The number of hydrogen-bond donors (Lipinski definition) is 0. The van der Waals surface area contributed by atoms with Crippen molar-refractivity contribution in [2.45, 2.75) is 33.6 Å². The van der Waals surface area contributed by atoms with Gasteiger partial charge in [-0.2, -0.15) is 0 Å². The fourth-order valence-corrected chi connectivity index (χ4v) is 1.16. The number of rotatable bonds is 2. The zero-order valence-corrected chi connectivity index (χ0v) is 8.46. The van der Waals surface area contributed by atoms with Gasteiger partial charge in [0, 0.05) is 6.20 Å². The summed E-state index contributed by atoms with van der Waals surface area (Å²) in [6.07, 6.45) is 1.71. The Balaban J connectivity index is 3.12. The van der Waals surface area contributed by atoms with E-state index in [1.165, 1.54) is 0 Å². The normalized spacial score (nSPS) is 12.6. The van der Waals surface area contributed by atoms with Crippen LogP contribution in [0.25, 0.3) is 0 Å². The zero-order valence-electron chi connectivity index (χ0n) is 8.46. The largest absolute Gasteiger partial charge is 0.299 e. The Kier molecular flexibility index (Phi) is 2.76. The summed E-state index contributed by atoms with van der Waals surface area (Å²) < 4.78 is 0. The summed E-state index contributed by atoms with van der Waals surface area (Å²) in [5.74, 6) is -0.0181. The average Bonchev–Trinajstić information content (AvgIpc) is 2.08. The maximum Gasteiger partial charge on any atom is 0.138 e. The van der Waals surface area contributed by atoms with E-state index in [-0.39, 0.29) is 11.7 Å². The Labute approximate surface area is 78.2 Å². The fraction of sp³-hybridized carbons (Fsp3) is 0.500. The second kappa shape index (κ2) is 3.64. The van der Waals surface area contributed by atoms with Gasteiger partial charge in [-0.15, -0.1) is 0 Å². The topological polar surface area (TPSA) is 42.9 Å². The summed E-state index contributed by atoms with van der Waals surface area (Å²) in [5, 5.41) is 0. The highest BCUT2D eigenvalue weighted by Crippen LogP contribution is 2.16. The molecule has 0 aliphatic rings. The van der Waals surface area contributed by atoms with Crippen LogP contribution in [0.4, 0.5) is 0 Å². The first-order chi connectivity index (χ1) is 6.02. The molecular formula is C10H14N2O. The Morgan fingerprint density at radius 1 is 1.46 bits per heavy atom. The van der Waals surface area contributed by atoms with Crippen LogP contribution in [-0.4, -0.2) is 15.8 Å². The molecule has 0 fully saturated rings. The molecule has 1 atom stereocenters. The minimum absolute atomic E-state index is 0.128. The molecular weight excluding hydrogens is 164 g/mol. The molecule has 0 amide bonds.